The number of ether oxygens (including phenoxy) is 1. The number of hydrogen-bond donors (Lipinski definition) is 1. The zero-order chi connectivity index (χ0) is 20.7. The first-order chi connectivity index (χ1) is 14.6. The molecule has 0 saturated heterocycles. The fraction of sp³-hybridized carbons (Fsp3) is 0.227. The van der Waals surface area contributed by atoms with Crippen LogP contribution < -0.4 is 4.74 Å². The molecule has 0 amide bonds. The number of alkyl halides is 2. The van der Waals surface area contributed by atoms with Crippen LogP contribution in [0.4, 0.5) is 8.78 Å². The lowest BCUT2D eigenvalue weighted by Gasteiger charge is -2.18. The van der Waals surface area contributed by atoms with E-state index < -0.39 is 6.61 Å². The minimum absolute atomic E-state index is 0.120. The highest BCUT2D eigenvalue weighted by Gasteiger charge is 2.30. The van der Waals surface area contributed by atoms with Crippen LogP contribution in [0.15, 0.2) is 54.7 Å². The third kappa shape index (κ3) is 3.19. The average Bonchev–Trinajstić information content (AvgIpc) is 3.33. The summed E-state index contributed by atoms with van der Waals surface area (Å²) in [5, 5.41) is 9.19. The fourth-order valence-electron chi connectivity index (χ4n) is 4.00. The maximum absolute atomic E-state index is 12.9. The molecule has 0 fully saturated rings. The van der Waals surface area contributed by atoms with Gasteiger partial charge >= 0.3 is 6.61 Å². The van der Waals surface area contributed by atoms with Gasteiger partial charge in [0.25, 0.3) is 0 Å². The number of aliphatic hydroxyl groups excluding tert-OH is 1. The quantitative estimate of drug-likeness (QED) is 0.538. The number of benzene rings is 1. The van der Waals surface area contributed by atoms with Crippen molar-refractivity contribution in [3.05, 3.63) is 71.8 Å². The summed E-state index contributed by atoms with van der Waals surface area (Å²) in [6, 6.07) is 14.1. The fourth-order valence-corrected chi connectivity index (χ4v) is 4.00. The van der Waals surface area contributed by atoms with Gasteiger partial charge in [-0.3, -0.25) is 4.98 Å². The van der Waals surface area contributed by atoms with E-state index in [1.807, 2.05) is 34.9 Å². The van der Waals surface area contributed by atoms with Crippen molar-refractivity contribution in [1.82, 2.24) is 19.5 Å². The molecule has 1 aliphatic rings. The molecule has 0 spiro atoms. The van der Waals surface area contributed by atoms with Gasteiger partial charge in [-0.25, -0.2) is 9.97 Å². The highest BCUT2D eigenvalue weighted by molar-refractivity contribution is 5.76. The van der Waals surface area contributed by atoms with Crippen molar-refractivity contribution < 1.29 is 18.6 Å². The zero-order valence-electron chi connectivity index (χ0n) is 15.9. The molecule has 8 heteroatoms. The van der Waals surface area contributed by atoms with Gasteiger partial charge in [0.05, 0.1) is 24.0 Å². The number of pyridine rings is 2. The standard InChI is InChI=1S/C22H18F2N4O2/c23-22(24)30-19-4-2-1-3-15(19)18-9-10-20-26-17-8-7-16(27-21(17)28(18)20)13-5-6-14(12-29)25-11-13/h1-8,11,18,22,29H,9-10,12H2. The number of aryl methyl sites for hydroxylation is 1. The van der Waals surface area contributed by atoms with E-state index in [0.717, 1.165) is 35.4 Å². The highest BCUT2D eigenvalue weighted by atomic mass is 19.3. The van der Waals surface area contributed by atoms with E-state index in [1.54, 1.807) is 24.4 Å². The number of halogens is 2. The van der Waals surface area contributed by atoms with E-state index in [2.05, 4.69) is 9.97 Å². The lowest BCUT2D eigenvalue weighted by Crippen LogP contribution is -2.11. The molecule has 4 aromatic rings. The maximum Gasteiger partial charge on any atom is 0.387 e. The Kier molecular flexibility index (Phi) is 4.63. The number of hydrogen-bond acceptors (Lipinski definition) is 5. The molecule has 4 heterocycles. The van der Waals surface area contributed by atoms with Gasteiger partial charge in [-0.15, -0.1) is 0 Å². The molecule has 0 radical (unpaired) electrons. The van der Waals surface area contributed by atoms with Gasteiger partial charge in [0, 0.05) is 23.7 Å². The predicted molar refractivity (Wildman–Crippen MR) is 106 cm³/mol. The Morgan fingerprint density at radius 1 is 1.10 bits per heavy atom. The normalized spacial score (nSPS) is 15.7. The van der Waals surface area contributed by atoms with Gasteiger partial charge < -0.3 is 14.4 Å². The molecule has 1 atom stereocenters. The molecule has 1 unspecified atom stereocenters. The lowest BCUT2D eigenvalue weighted by molar-refractivity contribution is -0.0506. The summed E-state index contributed by atoms with van der Waals surface area (Å²) < 4.78 is 32.6. The maximum atomic E-state index is 12.9. The van der Waals surface area contributed by atoms with Gasteiger partial charge in [0.2, 0.25) is 0 Å². The van der Waals surface area contributed by atoms with Crippen molar-refractivity contribution >= 4 is 11.2 Å². The molecular weight excluding hydrogens is 390 g/mol. The van der Waals surface area contributed by atoms with Crippen LogP contribution in [0.1, 0.15) is 29.5 Å². The minimum atomic E-state index is -2.88. The van der Waals surface area contributed by atoms with Crippen molar-refractivity contribution in [1.29, 1.82) is 0 Å². The molecule has 152 valence electrons. The first-order valence-corrected chi connectivity index (χ1v) is 9.62. The molecule has 3 aromatic heterocycles. The molecule has 5 rings (SSSR count). The van der Waals surface area contributed by atoms with Crippen molar-refractivity contribution in [2.75, 3.05) is 0 Å². The largest absolute Gasteiger partial charge is 0.434 e. The SMILES string of the molecule is OCc1ccc(-c2ccc3nc4n(c3n2)C(c2ccccc2OC(F)F)CC4)cn1. The Balaban J connectivity index is 1.60. The first kappa shape index (κ1) is 18.6. The van der Waals surface area contributed by atoms with Crippen LogP contribution in [0.2, 0.25) is 0 Å². The Morgan fingerprint density at radius 2 is 1.97 bits per heavy atom. The third-order valence-electron chi connectivity index (χ3n) is 5.34. The number of fused-ring (bicyclic) bond motifs is 3. The van der Waals surface area contributed by atoms with Crippen molar-refractivity contribution in [2.45, 2.75) is 32.1 Å². The van der Waals surface area contributed by atoms with Crippen LogP contribution in [0.5, 0.6) is 5.75 Å². The zero-order valence-corrected chi connectivity index (χ0v) is 15.9. The Morgan fingerprint density at radius 3 is 2.73 bits per heavy atom. The molecule has 6 nitrogen and oxygen atoms in total. The predicted octanol–water partition coefficient (Wildman–Crippen LogP) is 4.12. The molecule has 1 N–H and O–H groups in total. The topological polar surface area (TPSA) is 73.1 Å². The third-order valence-corrected chi connectivity index (χ3v) is 5.34. The number of aliphatic hydroxyl groups is 1. The van der Waals surface area contributed by atoms with E-state index in [0.29, 0.717) is 16.9 Å². The summed E-state index contributed by atoms with van der Waals surface area (Å²) in [6.45, 7) is -3.00. The lowest BCUT2D eigenvalue weighted by atomic mass is 10.0. The number of aromatic nitrogens is 4. The smallest absolute Gasteiger partial charge is 0.387 e. The van der Waals surface area contributed by atoms with Gasteiger partial charge in [0.1, 0.15) is 17.1 Å². The summed E-state index contributed by atoms with van der Waals surface area (Å²) >= 11 is 0. The monoisotopic (exact) mass is 408 g/mol. The number of rotatable bonds is 5. The number of para-hydroxylation sites is 1. The van der Waals surface area contributed by atoms with Crippen LogP contribution >= 0.6 is 0 Å². The second-order valence-corrected chi connectivity index (χ2v) is 7.10. The van der Waals surface area contributed by atoms with Gasteiger partial charge in [-0.05, 0) is 36.8 Å². The highest BCUT2D eigenvalue weighted by Crippen LogP contribution is 2.39. The van der Waals surface area contributed by atoms with Gasteiger partial charge in [-0.2, -0.15) is 8.78 Å². The van der Waals surface area contributed by atoms with Gasteiger partial charge in [-0.1, -0.05) is 18.2 Å². The van der Waals surface area contributed by atoms with Crippen LogP contribution in [0.3, 0.4) is 0 Å². The molecule has 1 aromatic carbocycles. The Bertz CT molecular complexity index is 1210. The van der Waals surface area contributed by atoms with Crippen LogP contribution in [0, 0.1) is 0 Å². The van der Waals surface area contributed by atoms with E-state index in [9.17, 15) is 13.9 Å². The molecular formula is C22H18F2N4O2. The number of nitrogens with zero attached hydrogens (tertiary/aromatic N) is 4. The van der Waals surface area contributed by atoms with Crippen molar-refractivity contribution in [3.8, 4) is 17.0 Å². The van der Waals surface area contributed by atoms with Crippen LogP contribution in [-0.4, -0.2) is 31.2 Å². The van der Waals surface area contributed by atoms with Gasteiger partial charge in [0.15, 0.2) is 5.65 Å². The van der Waals surface area contributed by atoms with E-state index in [-0.39, 0.29) is 18.4 Å². The van der Waals surface area contributed by atoms with Crippen molar-refractivity contribution in [2.24, 2.45) is 0 Å². The first-order valence-electron chi connectivity index (χ1n) is 9.62. The Labute approximate surface area is 170 Å². The second kappa shape index (κ2) is 7.46. The van der Waals surface area contributed by atoms with E-state index in [1.165, 1.54) is 0 Å². The summed E-state index contributed by atoms with van der Waals surface area (Å²) in [4.78, 5) is 13.7. The molecule has 0 saturated carbocycles. The summed E-state index contributed by atoms with van der Waals surface area (Å²) in [5.41, 5.74) is 4.28. The minimum Gasteiger partial charge on any atom is -0.434 e. The summed E-state index contributed by atoms with van der Waals surface area (Å²) in [5.74, 6) is 1.05. The summed E-state index contributed by atoms with van der Waals surface area (Å²) in [7, 11) is 0. The van der Waals surface area contributed by atoms with E-state index >= 15 is 0 Å². The number of imidazole rings is 1. The Hall–Kier alpha value is -3.39. The molecule has 30 heavy (non-hydrogen) atoms. The van der Waals surface area contributed by atoms with E-state index in [4.69, 9.17) is 9.72 Å². The second-order valence-electron chi connectivity index (χ2n) is 7.10. The average molecular weight is 408 g/mol. The molecule has 0 bridgehead atoms. The molecule has 1 aliphatic heterocycles. The van der Waals surface area contributed by atoms with Crippen molar-refractivity contribution in [3.63, 3.8) is 0 Å². The summed E-state index contributed by atoms with van der Waals surface area (Å²) in [6.07, 6.45) is 3.14. The van der Waals surface area contributed by atoms with Crippen LogP contribution in [-0.2, 0) is 13.0 Å². The molecule has 0 aliphatic carbocycles. The van der Waals surface area contributed by atoms with Crippen LogP contribution in [0.25, 0.3) is 22.4 Å².